The fraction of sp³-hybridized carbons (Fsp3) is 0.0682. The van der Waals surface area contributed by atoms with E-state index in [0.717, 1.165) is 39.6 Å². The van der Waals surface area contributed by atoms with E-state index in [1.807, 2.05) is 65.2 Å². The molecule has 0 saturated heterocycles. The van der Waals surface area contributed by atoms with Gasteiger partial charge in [0.1, 0.15) is 5.82 Å². The van der Waals surface area contributed by atoms with Crippen LogP contribution in [0.2, 0.25) is 0 Å². The second-order valence-corrected chi connectivity index (χ2v) is 13.0. The lowest BCUT2D eigenvalue weighted by Gasteiger charge is -2.21. The minimum absolute atomic E-state index is 0.0157. The monoisotopic (exact) mass is 711 g/mol. The molecule has 0 spiro atoms. The first-order valence-electron chi connectivity index (χ1n) is 16.9. The number of imidazole rings is 1. The van der Waals surface area contributed by atoms with Crippen molar-refractivity contribution >= 4 is 43.4 Å². The van der Waals surface area contributed by atoms with Crippen LogP contribution in [0.5, 0.6) is 0 Å². The molecular weight excluding hydrogens is 684 g/mol. The number of alkyl halides is 6. The van der Waals surface area contributed by atoms with Gasteiger partial charge in [0, 0.05) is 21.9 Å². The van der Waals surface area contributed by atoms with Gasteiger partial charge in [-0.05, 0) is 70.9 Å². The minimum Gasteiger partial charge on any atom is -0.307 e. The highest BCUT2D eigenvalue weighted by Crippen LogP contribution is 2.45. The molecule has 3 nitrogen and oxygen atoms in total. The third-order valence-corrected chi connectivity index (χ3v) is 9.95. The van der Waals surface area contributed by atoms with Crippen LogP contribution in [0.4, 0.5) is 26.3 Å². The number of fused-ring (bicyclic) bond motifs is 5. The molecule has 0 saturated carbocycles. The maximum absolute atomic E-state index is 14.3. The van der Waals surface area contributed by atoms with E-state index in [9.17, 15) is 26.3 Å². The zero-order chi connectivity index (χ0) is 36.6. The second-order valence-electron chi connectivity index (χ2n) is 13.0. The highest BCUT2D eigenvalue weighted by atomic mass is 19.4. The van der Waals surface area contributed by atoms with Gasteiger partial charge in [0.05, 0.1) is 44.9 Å². The Hall–Kier alpha value is -6.35. The van der Waals surface area contributed by atoms with Gasteiger partial charge < -0.3 is 4.57 Å². The molecule has 260 valence electrons. The number of halogens is 6. The maximum Gasteiger partial charge on any atom is 0.417 e. The highest BCUT2D eigenvalue weighted by molar-refractivity contribution is 6.09. The molecule has 2 heterocycles. The molecule has 0 unspecified atom stereocenters. The third kappa shape index (κ3) is 5.10. The maximum atomic E-state index is 14.3. The molecule has 53 heavy (non-hydrogen) atoms. The average molecular weight is 712 g/mol. The molecule has 2 aromatic heterocycles. The standard InChI is InChI=1S/C44H27F6N3/c1-26-41(33-22-24-35(43(45,46)47)29-14-4-2-12-27(29)33)53(42(51-26)34-23-25-36(44(48,49)50)30-15-5-3-13-28(30)34)40-21-11-10-20-39(40)52-37-18-8-6-16-31(37)32-17-7-9-19-38(32)52/h2-25H,1H3. The predicted molar refractivity (Wildman–Crippen MR) is 199 cm³/mol. The number of hydrogen-bond acceptors (Lipinski definition) is 1. The average Bonchev–Trinajstić information content (AvgIpc) is 3.67. The van der Waals surface area contributed by atoms with Gasteiger partial charge in [-0.25, -0.2) is 4.98 Å². The largest absolute Gasteiger partial charge is 0.417 e. The zero-order valence-electron chi connectivity index (χ0n) is 28.0. The molecule has 0 amide bonds. The van der Waals surface area contributed by atoms with Crippen molar-refractivity contribution in [3.63, 3.8) is 0 Å². The van der Waals surface area contributed by atoms with Crippen LogP contribution in [0.25, 0.3) is 77.4 Å². The summed E-state index contributed by atoms with van der Waals surface area (Å²) in [5.74, 6) is 0.347. The van der Waals surface area contributed by atoms with Gasteiger partial charge in [-0.1, -0.05) is 103 Å². The molecule has 0 bridgehead atoms. The number of aromatic nitrogens is 3. The number of benzene rings is 7. The molecule has 0 aliphatic carbocycles. The van der Waals surface area contributed by atoms with Crippen molar-refractivity contribution < 1.29 is 26.3 Å². The van der Waals surface area contributed by atoms with Crippen molar-refractivity contribution in [1.29, 1.82) is 0 Å². The summed E-state index contributed by atoms with van der Waals surface area (Å²) in [6, 6.07) is 41.4. The Morgan fingerprint density at radius 1 is 0.415 bits per heavy atom. The fourth-order valence-corrected chi connectivity index (χ4v) is 7.78. The Morgan fingerprint density at radius 3 is 1.32 bits per heavy atom. The Morgan fingerprint density at radius 2 is 0.811 bits per heavy atom. The molecule has 9 aromatic rings. The zero-order valence-corrected chi connectivity index (χ0v) is 28.0. The van der Waals surface area contributed by atoms with E-state index in [1.165, 1.54) is 24.3 Å². The van der Waals surface area contributed by atoms with E-state index in [1.54, 1.807) is 43.3 Å². The lowest BCUT2D eigenvalue weighted by atomic mass is 9.96. The number of para-hydroxylation sites is 4. The summed E-state index contributed by atoms with van der Waals surface area (Å²) >= 11 is 0. The van der Waals surface area contributed by atoms with E-state index in [0.29, 0.717) is 44.8 Å². The van der Waals surface area contributed by atoms with E-state index in [2.05, 4.69) is 16.7 Å². The van der Waals surface area contributed by atoms with Gasteiger partial charge in [-0.2, -0.15) is 26.3 Å². The van der Waals surface area contributed by atoms with Gasteiger partial charge in [-0.3, -0.25) is 4.57 Å². The van der Waals surface area contributed by atoms with Crippen molar-refractivity contribution in [3.8, 4) is 34.0 Å². The first-order chi connectivity index (χ1) is 25.5. The Kier molecular flexibility index (Phi) is 7.28. The van der Waals surface area contributed by atoms with Crippen LogP contribution in [0.1, 0.15) is 16.8 Å². The molecule has 0 fully saturated rings. The topological polar surface area (TPSA) is 22.8 Å². The van der Waals surface area contributed by atoms with Crippen LogP contribution in [-0.4, -0.2) is 14.1 Å². The van der Waals surface area contributed by atoms with Crippen LogP contribution in [-0.2, 0) is 12.4 Å². The third-order valence-electron chi connectivity index (χ3n) is 9.95. The second kappa shape index (κ2) is 11.8. The molecule has 9 rings (SSSR count). The van der Waals surface area contributed by atoms with Crippen molar-refractivity contribution in [1.82, 2.24) is 14.1 Å². The lowest BCUT2D eigenvalue weighted by Crippen LogP contribution is -2.09. The predicted octanol–water partition coefficient (Wildman–Crippen LogP) is 13.0. The first kappa shape index (κ1) is 32.6. The SMILES string of the molecule is Cc1nc(-c2ccc(C(F)(F)F)c3ccccc23)n(-c2ccccc2-n2c3ccccc3c3ccccc32)c1-c1ccc(C(F)(F)F)c2ccccc12. The Balaban J connectivity index is 1.43. The summed E-state index contributed by atoms with van der Waals surface area (Å²) in [5.41, 5.74) is 3.66. The molecule has 7 aromatic carbocycles. The van der Waals surface area contributed by atoms with Gasteiger partial charge in [0.15, 0.2) is 0 Å². The summed E-state index contributed by atoms with van der Waals surface area (Å²) < 4.78 is 90.0. The summed E-state index contributed by atoms with van der Waals surface area (Å²) in [4.78, 5) is 5.05. The normalized spacial score (nSPS) is 12.4. The summed E-state index contributed by atoms with van der Waals surface area (Å²) in [5, 5.41) is 2.81. The van der Waals surface area contributed by atoms with Crippen LogP contribution in [0.15, 0.2) is 146 Å². The minimum atomic E-state index is -4.60. The van der Waals surface area contributed by atoms with Gasteiger partial charge in [-0.15, -0.1) is 0 Å². The van der Waals surface area contributed by atoms with E-state index < -0.39 is 23.5 Å². The molecular formula is C44H27F6N3. The Bertz CT molecular complexity index is 2840. The molecule has 0 aliphatic rings. The summed E-state index contributed by atoms with van der Waals surface area (Å²) in [6.45, 7) is 1.77. The van der Waals surface area contributed by atoms with Crippen molar-refractivity contribution in [2.75, 3.05) is 0 Å². The van der Waals surface area contributed by atoms with Crippen LogP contribution >= 0.6 is 0 Å². The lowest BCUT2D eigenvalue weighted by molar-refractivity contribution is -0.137. The first-order valence-corrected chi connectivity index (χ1v) is 16.9. The van der Waals surface area contributed by atoms with Gasteiger partial charge >= 0.3 is 12.4 Å². The highest BCUT2D eigenvalue weighted by Gasteiger charge is 2.35. The number of hydrogen-bond donors (Lipinski definition) is 0. The van der Waals surface area contributed by atoms with Crippen molar-refractivity contribution in [3.05, 3.63) is 162 Å². The van der Waals surface area contributed by atoms with E-state index in [-0.39, 0.29) is 10.8 Å². The molecule has 0 atom stereocenters. The smallest absolute Gasteiger partial charge is 0.307 e. The molecule has 0 N–H and O–H groups in total. The van der Waals surface area contributed by atoms with Gasteiger partial charge in [0.2, 0.25) is 0 Å². The molecule has 9 heteroatoms. The number of aryl methyl sites for hydroxylation is 1. The van der Waals surface area contributed by atoms with E-state index in [4.69, 9.17) is 4.98 Å². The molecule has 0 radical (unpaired) electrons. The van der Waals surface area contributed by atoms with Crippen LogP contribution < -0.4 is 0 Å². The van der Waals surface area contributed by atoms with Gasteiger partial charge in [0.25, 0.3) is 0 Å². The fourth-order valence-electron chi connectivity index (χ4n) is 7.78. The van der Waals surface area contributed by atoms with Crippen LogP contribution in [0, 0.1) is 6.92 Å². The summed E-state index contributed by atoms with van der Waals surface area (Å²) in [6.07, 6.45) is -9.20. The summed E-state index contributed by atoms with van der Waals surface area (Å²) in [7, 11) is 0. The quantitative estimate of drug-likeness (QED) is 0.167. The van der Waals surface area contributed by atoms with E-state index >= 15 is 0 Å². The molecule has 0 aliphatic heterocycles. The van der Waals surface area contributed by atoms with Crippen molar-refractivity contribution in [2.45, 2.75) is 19.3 Å². The number of rotatable bonds is 4. The van der Waals surface area contributed by atoms with Crippen LogP contribution in [0.3, 0.4) is 0 Å². The Labute approximate surface area is 299 Å². The van der Waals surface area contributed by atoms with Crippen molar-refractivity contribution in [2.24, 2.45) is 0 Å². The number of nitrogens with zero attached hydrogens (tertiary/aromatic N) is 3.